The average molecular weight is 284 g/mol. The first kappa shape index (κ1) is 15.7. The number of likely N-dealkylation sites (N-methyl/N-ethyl adjacent to an activating group) is 1. The number of rotatable bonds is 9. The van der Waals surface area contributed by atoms with Gasteiger partial charge in [0.15, 0.2) is 0 Å². The number of nitrogens with zero attached hydrogens (tertiary/aromatic N) is 1. The van der Waals surface area contributed by atoms with Gasteiger partial charge in [-0.25, -0.2) is 0 Å². The van der Waals surface area contributed by atoms with Crippen molar-refractivity contribution in [2.24, 2.45) is 17.6 Å². The highest BCUT2D eigenvalue weighted by Gasteiger charge is 2.45. The fourth-order valence-electron chi connectivity index (χ4n) is 3.03. The monoisotopic (exact) mass is 284 g/mol. The number of hydrogen-bond donors (Lipinski definition) is 2. The van der Waals surface area contributed by atoms with Crippen LogP contribution >= 0.6 is 0 Å². The molecule has 2 aliphatic rings. The van der Waals surface area contributed by atoms with E-state index in [4.69, 9.17) is 10.5 Å². The number of hydrogen-bond acceptors (Lipinski definition) is 4. The number of carboxylic acid groups (broad SMARTS) is 1. The molecule has 0 heterocycles. The van der Waals surface area contributed by atoms with Gasteiger partial charge in [-0.1, -0.05) is 6.42 Å². The SMILES string of the molecule is CN(CCOCC1CC1)CCC1CCCC1(N)C(=O)O. The Morgan fingerprint density at radius 2 is 2.15 bits per heavy atom. The van der Waals surface area contributed by atoms with E-state index in [2.05, 4.69) is 11.9 Å². The molecule has 0 saturated heterocycles. The molecule has 5 heteroatoms. The molecule has 0 bridgehead atoms. The smallest absolute Gasteiger partial charge is 0.323 e. The van der Waals surface area contributed by atoms with Crippen LogP contribution < -0.4 is 5.73 Å². The molecule has 0 aromatic carbocycles. The van der Waals surface area contributed by atoms with Gasteiger partial charge in [0, 0.05) is 13.2 Å². The van der Waals surface area contributed by atoms with Gasteiger partial charge in [0.05, 0.1) is 6.61 Å². The van der Waals surface area contributed by atoms with Gasteiger partial charge >= 0.3 is 5.97 Å². The van der Waals surface area contributed by atoms with Crippen LogP contribution in [0.5, 0.6) is 0 Å². The Labute approximate surface area is 121 Å². The molecule has 3 N–H and O–H groups in total. The molecule has 2 atom stereocenters. The number of nitrogens with two attached hydrogens (primary N) is 1. The Kier molecular flexibility index (Phi) is 5.41. The van der Waals surface area contributed by atoms with Gasteiger partial charge < -0.3 is 20.5 Å². The van der Waals surface area contributed by atoms with Crippen molar-refractivity contribution < 1.29 is 14.6 Å². The van der Waals surface area contributed by atoms with Crippen LogP contribution in [0, 0.1) is 11.8 Å². The van der Waals surface area contributed by atoms with Crippen molar-refractivity contribution in [3.05, 3.63) is 0 Å². The predicted octanol–water partition coefficient (Wildman–Crippen LogP) is 1.32. The quantitative estimate of drug-likeness (QED) is 0.625. The minimum atomic E-state index is -0.997. The third kappa shape index (κ3) is 4.17. The lowest BCUT2D eigenvalue weighted by Gasteiger charge is -2.28. The second kappa shape index (κ2) is 6.87. The molecular weight excluding hydrogens is 256 g/mol. The highest BCUT2D eigenvalue weighted by atomic mass is 16.5. The summed E-state index contributed by atoms with van der Waals surface area (Å²) in [4.78, 5) is 13.5. The van der Waals surface area contributed by atoms with Crippen LogP contribution in [0.3, 0.4) is 0 Å². The van der Waals surface area contributed by atoms with Gasteiger partial charge in [0.25, 0.3) is 0 Å². The maximum atomic E-state index is 11.3. The summed E-state index contributed by atoms with van der Waals surface area (Å²) in [5, 5.41) is 9.28. The Morgan fingerprint density at radius 3 is 2.80 bits per heavy atom. The first-order valence-corrected chi connectivity index (χ1v) is 7.81. The van der Waals surface area contributed by atoms with Crippen molar-refractivity contribution in [2.45, 2.75) is 44.1 Å². The molecule has 0 aromatic heterocycles. The fourth-order valence-corrected chi connectivity index (χ4v) is 3.03. The van der Waals surface area contributed by atoms with Crippen LogP contribution in [0.4, 0.5) is 0 Å². The number of carbonyl (C=O) groups is 1. The second-order valence-electron chi connectivity index (χ2n) is 6.54. The van der Waals surface area contributed by atoms with Crippen molar-refractivity contribution in [1.82, 2.24) is 4.90 Å². The minimum Gasteiger partial charge on any atom is -0.480 e. The Hall–Kier alpha value is -0.650. The minimum absolute atomic E-state index is 0.106. The summed E-state index contributed by atoms with van der Waals surface area (Å²) < 4.78 is 5.62. The van der Waals surface area contributed by atoms with E-state index in [-0.39, 0.29) is 5.92 Å². The standard InChI is InChI=1S/C15H28N2O3/c1-17(9-10-20-11-12-4-5-12)8-6-13-3-2-7-15(13,16)14(18)19/h12-13H,2-11,16H2,1H3,(H,18,19). The van der Waals surface area contributed by atoms with Gasteiger partial charge in [0.2, 0.25) is 0 Å². The van der Waals surface area contributed by atoms with Crippen LogP contribution in [0.15, 0.2) is 0 Å². The fraction of sp³-hybridized carbons (Fsp3) is 0.933. The van der Waals surface area contributed by atoms with E-state index in [9.17, 15) is 9.90 Å². The average Bonchev–Trinajstić information content (AvgIpc) is 3.15. The van der Waals surface area contributed by atoms with E-state index < -0.39 is 11.5 Å². The van der Waals surface area contributed by atoms with Crippen molar-refractivity contribution in [3.63, 3.8) is 0 Å². The van der Waals surface area contributed by atoms with E-state index in [0.717, 1.165) is 51.5 Å². The lowest BCUT2D eigenvalue weighted by molar-refractivity contribution is -0.144. The van der Waals surface area contributed by atoms with Gasteiger partial charge in [0.1, 0.15) is 5.54 Å². The summed E-state index contributed by atoms with van der Waals surface area (Å²) in [6.45, 7) is 3.47. The maximum Gasteiger partial charge on any atom is 0.323 e. The highest BCUT2D eigenvalue weighted by Crippen LogP contribution is 2.36. The van der Waals surface area contributed by atoms with Crippen LogP contribution in [-0.2, 0) is 9.53 Å². The molecule has 0 aliphatic heterocycles. The molecule has 0 spiro atoms. The molecular formula is C15H28N2O3. The van der Waals surface area contributed by atoms with Crippen molar-refractivity contribution in [1.29, 1.82) is 0 Å². The normalized spacial score (nSPS) is 30.1. The van der Waals surface area contributed by atoms with E-state index in [1.807, 2.05) is 0 Å². The molecule has 2 rings (SSSR count). The zero-order chi connectivity index (χ0) is 14.6. The van der Waals surface area contributed by atoms with Gasteiger partial charge in [-0.2, -0.15) is 0 Å². The van der Waals surface area contributed by atoms with Crippen LogP contribution in [-0.4, -0.2) is 54.9 Å². The molecule has 20 heavy (non-hydrogen) atoms. The third-order valence-electron chi connectivity index (χ3n) is 4.80. The molecule has 116 valence electrons. The first-order chi connectivity index (χ1) is 9.52. The first-order valence-electron chi connectivity index (χ1n) is 7.81. The summed E-state index contributed by atoms with van der Waals surface area (Å²) in [5.41, 5.74) is 5.05. The second-order valence-corrected chi connectivity index (χ2v) is 6.54. The topological polar surface area (TPSA) is 75.8 Å². The molecule has 2 aliphatic carbocycles. The Balaban J connectivity index is 1.61. The highest BCUT2D eigenvalue weighted by molar-refractivity contribution is 5.79. The van der Waals surface area contributed by atoms with Crippen LogP contribution in [0.1, 0.15) is 38.5 Å². The van der Waals surface area contributed by atoms with Crippen molar-refractivity contribution >= 4 is 5.97 Å². The molecule has 5 nitrogen and oxygen atoms in total. The van der Waals surface area contributed by atoms with Gasteiger partial charge in [-0.15, -0.1) is 0 Å². The number of ether oxygens (including phenoxy) is 1. The largest absolute Gasteiger partial charge is 0.480 e. The summed E-state index contributed by atoms with van der Waals surface area (Å²) in [5.74, 6) is 0.0810. The molecule has 2 saturated carbocycles. The van der Waals surface area contributed by atoms with E-state index in [1.165, 1.54) is 12.8 Å². The van der Waals surface area contributed by atoms with Crippen molar-refractivity contribution in [3.8, 4) is 0 Å². The van der Waals surface area contributed by atoms with Crippen molar-refractivity contribution in [2.75, 3.05) is 33.4 Å². The predicted molar refractivity (Wildman–Crippen MR) is 77.6 cm³/mol. The van der Waals surface area contributed by atoms with Crippen LogP contribution in [0.2, 0.25) is 0 Å². The molecule has 2 unspecified atom stereocenters. The van der Waals surface area contributed by atoms with Crippen LogP contribution in [0.25, 0.3) is 0 Å². The Bertz CT molecular complexity index is 333. The summed E-state index contributed by atoms with van der Waals surface area (Å²) in [6, 6.07) is 0. The lowest BCUT2D eigenvalue weighted by Crippen LogP contribution is -2.51. The summed E-state index contributed by atoms with van der Waals surface area (Å²) in [6.07, 6.45) is 6.00. The van der Waals surface area contributed by atoms with E-state index in [0.29, 0.717) is 6.42 Å². The molecule has 0 aromatic rings. The molecule has 0 radical (unpaired) electrons. The van der Waals surface area contributed by atoms with E-state index in [1.54, 1.807) is 0 Å². The number of aliphatic carboxylic acids is 1. The lowest BCUT2D eigenvalue weighted by atomic mass is 9.85. The zero-order valence-corrected chi connectivity index (χ0v) is 12.5. The van der Waals surface area contributed by atoms with E-state index >= 15 is 0 Å². The molecule has 0 amide bonds. The third-order valence-corrected chi connectivity index (χ3v) is 4.80. The number of carboxylic acids is 1. The Morgan fingerprint density at radius 1 is 1.40 bits per heavy atom. The maximum absolute atomic E-state index is 11.3. The molecule has 2 fully saturated rings. The summed E-state index contributed by atoms with van der Waals surface area (Å²) >= 11 is 0. The van der Waals surface area contributed by atoms with Gasteiger partial charge in [-0.3, -0.25) is 4.79 Å². The summed E-state index contributed by atoms with van der Waals surface area (Å²) in [7, 11) is 2.06. The zero-order valence-electron chi connectivity index (χ0n) is 12.5. The van der Waals surface area contributed by atoms with Gasteiger partial charge in [-0.05, 0) is 57.5 Å².